The number of piperazine rings is 1. The molecular formula is C17H23FN4. The molecule has 1 aromatic carbocycles. The average Bonchev–Trinajstić information content (AvgIpc) is 2.55. The van der Waals surface area contributed by atoms with Crippen LogP contribution in [0.5, 0.6) is 0 Å². The van der Waals surface area contributed by atoms with Gasteiger partial charge in [0.15, 0.2) is 5.96 Å². The average molecular weight is 302 g/mol. The van der Waals surface area contributed by atoms with Crippen LogP contribution < -0.4 is 10.6 Å². The van der Waals surface area contributed by atoms with Crippen molar-refractivity contribution in [3.63, 3.8) is 0 Å². The summed E-state index contributed by atoms with van der Waals surface area (Å²) >= 11 is 0. The van der Waals surface area contributed by atoms with Gasteiger partial charge in [0.25, 0.3) is 0 Å². The Labute approximate surface area is 131 Å². The van der Waals surface area contributed by atoms with Crippen molar-refractivity contribution in [2.45, 2.75) is 19.3 Å². The minimum Gasteiger partial charge on any atom is -0.370 e. The molecule has 1 saturated heterocycles. The zero-order chi connectivity index (χ0) is 15.8. The van der Waals surface area contributed by atoms with Gasteiger partial charge in [-0.3, -0.25) is 4.99 Å². The lowest BCUT2D eigenvalue weighted by atomic mass is 10.2. The molecule has 22 heavy (non-hydrogen) atoms. The second kappa shape index (κ2) is 8.28. The zero-order valence-electron chi connectivity index (χ0n) is 12.8. The lowest BCUT2D eigenvalue weighted by molar-refractivity contribution is 0.380. The van der Waals surface area contributed by atoms with Crippen molar-refractivity contribution in [2.24, 2.45) is 10.7 Å². The largest absolute Gasteiger partial charge is 0.370 e. The van der Waals surface area contributed by atoms with Crippen molar-refractivity contribution >= 4 is 11.6 Å². The third-order valence-electron chi connectivity index (χ3n) is 3.80. The van der Waals surface area contributed by atoms with E-state index >= 15 is 0 Å². The van der Waals surface area contributed by atoms with Crippen molar-refractivity contribution in [3.8, 4) is 12.3 Å². The van der Waals surface area contributed by atoms with Gasteiger partial charge in [-0.05, 0) is 37.1 Å². The third kappa shape index (κ3) is 4.66. The van der Waals surface area contributed by atoms with Crippen molar-refractivity contribution in [1.82, 2.24) is 4.90 Å². The summed E-state index contributed by atoms with van der Waals surface area (Å²) < 4.78 is 12.9. The molecule has 1 aliphatic rings. The maximum absolute atomic E-state index is 12.9. The molecule has 5 heteroatoms. The van der Waals surface area contributed by atoms with Gasteiger partial charge in [-0.25, -0.2) is 4.39 Å². The van der Waals surface area contributed by atoms with Crippen LogP contribution in [0.2, 0.25) is 0 Å². The fourth-order valence-electron chi connectivity index (χ4n) is 2.48. The number of hydrogen-bond acceptors (Lipinski definition) is 2. The van der Waals surface area contributed by atoms with E-state index in [1.807, 2.05) is 12.1 Å². The number of unbranched alkanes of at least 4 members (excludes halogenated alkanes) is 2. The zero-order valence-corrected chi connectivity index (χ0v) is 12.8. The SMILES string of the molecule is C#CCCCCN=C(N)N1CCN(c2ccc(F)cc2)CC1. The van der Waals surface area contributed by atoms with E-state index in [-0.39, 0.29) is 5.82 Å². The highest BCUT2D eigenvalue weighted by Crippen LogP contribution is 2.16. The first-order valence-corrected chi connectivity index (χ1v) is 7.69. The summed E-state index contributed by atoms with van der Waals surface area (Å²) in [5, 5.41) is 0. The number of terminal acetylenes is 1. The van der Waals surface area contributed by atoms with E-state index in [9.17, 15) is 4.39 Å². The van der Waals surface area contributed by atoms with Gasteiger partial charge >= 0.3 is 0 Å². The van der Waals surface area contributed by atoms with E-state index in [0.717, 1.165) is 57.7 Å². The molecule has 0 aromatic heterocycles. The number of nitrogens with zero attached hydrogens (tertiary/aromatic N) is 3. The quantitative estimate of drug-likeness (QED) is 0.392. The maximum atomic E-state index is 12.9. The van der Waals surface area contributed by atoms with E-state index in [2.05, 4.69) is 20.7 Å². The number of halogens is 1. The van der Waals surface area contributed by atoms with Crippen molar-refractivity contribution in [3.05, 3.63) is 30.1 Å². The fraction of sp³-hybridized carbons (Fsp3) is 0.471. The summed E-state index contributed by atoms with van der Waals surface area (Å²) in [7, 11) is 0. The first-order chi connectivity index (χ1) is 10.7. The second-order valence-electron chi connectivity index (χ2n) is 5.35. The van der Waals surface area contributed by atoms with Crippen LogP contribution in [-0.2, 0) is 0 Å². The molecule has 1 aromatic rings. The van der Waals surface area contributed by atoms with Gasteiger partial charge < -0.3 is 15.5 Å². The Balaban J connectivity index is 1.77. The lowest BCUT2D eigenvalue weighted by Gasteiger charge is -2.36. The van der Waals surface area contributed by atoms with Crippen molar-refractivity contribution < 1.29 is 4.39 Å². The molecule has 0 spiro atoms. The molecule has 0 amide bonds. The van der Waals surface area contributed by atoms with Gasteiger partial charge in [-0.2, -0.15) is 0 Å². The highest BCUT2D eigenvalue weighted by molar-refractivity contribution is 5.78. The van der Waals surface area contributed by atoms with E-state index in [1.165, 1.54) is 12.1 Å². The summed E-state index contributed by atoms with van der Waals surface area (Å²) in [6, 6.07) is 6.61. The molecule has 0 unspecified atom stereocenters. The Kier molecular flexibility index (Phi) is 6.08. The summed E-state index contributed by atoms with van der Waals surface area (Å²) in [6.07, 6.45) is 7.97. The summed E-state index contributed by atoms with van der Waals surface area (Å²) in [5.74, 6) is 3.03. The number of guanidine groups is 1. The number of anilines is 1. The Bertz CT molecular complexity index is 525. The molecule has 2 N–H and O–H groups in total. The van der Waals surface area contributed by atoms with Crippen LogP contribution in [0.1, 0.15) is 19.3 Å². The van der Waals surface area contributed by atoms with Gasteiger partial charge in [-0.15, -0.1) is 12.3 Å². The first-order valence-electron chi connectivity index (χ1n) is 7.69. The lowest BCUT2D eigenvalue weighted by Crippen LogP contribution is -2.51. The van der Waals surface area contributed by atoms with Crippen LogP contribution in [0.15, 0.2) is 29.3 Å². The monoisotopic (exact) mass is 302 g/mol. The molecule has 1 aliphatic heterocycles. The summed E-state index contributed by atoms with van der Waals surface area (Å²) in [5.41, 5.74) is 7.08. The van der Waals surface area contributed by atoms with E-state index in [4.69, 9.17) is 12.2 Å². The predicted molar refractivity (Wildman–Crippen MR) is 89.4 cm³/mol. The first kappa shape index (κ1) is 16.2. The minimum absolute atomic E-state index is 0.205. The van der Waals surface area contributed by atoms with E-state index in [1.54, 1.807) is 0 Å². The van der Waals surface area contributed by atoms with Crippen LogP contribution in [0, 0.1) is 18.2 Å². The Morgan fingerprint density at radius 3 is 2.50 bits per heavy atom. The van der Waals surface area contributed by atoms with E-state index < -0.39 is 0 Å². The van der Waals surface area contributed by atoms with Gasteiger partial charge in [0.05, 0.1) is 0 Å². The maximum Gasteiger partial charge on any atom is 0.191 e. The molecule has 0 bridgehead atoms. The minimum atomic E-state index is -0.205. The predicted octanol–water partition coefficient (Wildman–Crippen LogP) is 2.07. The van der Waals surface area contributed by atoms with Gasteiger partial charge in [-0.1, -0.05) is 0 Å². The highest BCUT2D eigenvalue weighted by atomic mass is 19.1. The molecule has 2 rings (SSSR count). The van der Waals surface area contributed by atoms with E-state index in [0.29, 0.717) is 5.96 Å². The second-order valence-corrected chi connectivity index (χ2v) is 5.35. The van der Waals surface area contributed by atoms with Gasteiger partial charge in [0.2, 0.25) is 0 Å². The smallest absolute Gasteiger partial charge is 0.191 e. The molecule has 0 radical (unpaired) electrons. The standard InChI is InChI=1S/C17H23FN4/c1-2-3-4-5-10-20-17(19)22-13-11-21(12-14-22)16-8-6-15(18)7-9-16/h1,6-9H,3-5,10-14H2,(H2,19,20). The number of nitrogens with two attached hydrogens (primary N) is 1. The summed E-state index contributed by atoms with van der Waals surface area (Å²) in [4.78, 5) is 8.74. The molecule has 4 nitrogen and oxygen atoms in total. The molecule has 0 aliphatic carbocycles. The van der Waals surface area contributed by atoms with Crippen LogP contribution in [0.25, 0.3) is 0 Å². The van der Waals surface area contributed by atoms with Crippen LogP contribution in [0.3, 0.4) is 0 Å². The van der Waals surface area contributed by atoms with Crippen LogP contribution >= 0.6 is 0 Å². The van der Waals surface area contributed by atoms with Crippen molar-refractivity contribution in [2.75, 3.05) is 37.6 Å². The molecular weight excluding hydrogens is 279 g/mol. The fourth-order valence-corrected chi connectivity index (χ4v) is 2.48. The Morgan fingerprint density at radius 1 is 1.18 bits per heavy atom. The van der Waals surface area contributed by atoms with Crippen molar-refractivity contribution in [1.29, 1.82) is 0 Å². The van der Waals surface area contributed by atoms with Crippen LogP contribution in [-0.4, -0.2) is 43.6 Å². The topological polar surface area (TPSA) is 44.9 Å². The molecule has 1 fully saturated rings. The number of hydrogen-bond donors (Lipinski definition) is 1. The number of aliphatic imine (C=N–C) groups is 1. The molecule has 1 heterocycles. The molecule has 118 valence electrons. The normalized spacial score (nSPS) is 15.7. The molecule has 0 atom stereocenters. The number of rotatable bonds is 5. The van der Waals surface area contributed by atoms with Crippen LogP contribution in [0.4, 0.5) is 10.1 Å². The Morgan fingerprint density at radius 2 is 1.86 bits per heavy atom. The van der Waals surface area contributed by atoms with Gasteiger partial charge in [0.1, 0.15) is 5.82 Å². The summed E-state index contributed by atoms with van der Waals surface area (Å²) in [6.45, 7) is 4.11. The molecule has 0 saturated carbocycles. The highest BCUT2D eigenvalue weighted by Gasteiger charge is 2.18. The van der Waals surface area contributed by atoms with Gasteiger partial charge in [0, 0.05) is 44.8 Å². The third-order valence-corrected chi connectivity index (χ3v) is 3.80. The Hall–Kier alpha value is -2.22. The number of benzene rings is 1.